The molecule has 92 valence electrons. The first-order valence-electron chi connectivity index (χ1n) is 6.82. The second-order valence-electron chi connectivity index (χ2n) is 5.35. The molecule has 3 nitrogen and oxygen atoms in total. The molecule has 0 bridgehead atoms. The molecule has 0 aromatic rings. The topological polar surface area (TPSA) is 46.3 Å². The molecule has 0 spiro atoms. The summed E-state index contributed by atoms with van der Waals surface area (Å²) in [4.78, 5) is 14.4. The van der Waals surface area contributed by atoms with E-state index in [0.717, 1.165) is 38.8 Å². The lowest BCUT2D eigenvalue weighted by molar-refractivity contribution is -0.136. The van der Waals surface area contributed by atoms with Gasteiger partial charge in [0.2, 0.25) is 5.91 Å². The molecule has 1 amide bonds. The van der Waals surface area contributed by atoms with Crippen molar-refractivity contribution >= 4 is 5.91 Å². The molecule has 2 rings (SSSR count). The zero-order chi connectivity index (χ0) is 11.4. The van der Waals surface area contributed by atoms with Crippen molar-refractivity contribution in [1.29, 1.82) is 0 Å². The van der Waals surface area contributed by atoms with Crippen LogP contribution in [0, 0.1) is 5.92 Å². The van der Waals surface area contributed by atoms with E-state index in [2.05, 4.69) is 4.90 Å². The molecule has 16 heavy (non-hydrogen) atoms. The van der Waals surface area contributed by atoms with E-state index in [1.165, 1.54) is 25.7 Å². The third kappa shape index (κ3) is 2.97. The van der Waals surface area contributed by atoms with Crippen molar-refractivity contribution in [2.24, 2.45) is 11.7 Å². The summed E-state index contributed by atoms with van der Waals surface area (Å²) in [7, 11) is 0. The van der Waals surface area contributed by atoms with Gasteiger partial charge in [0.1, 0.15) is 0 Å². The summed E-state index contributed by atoms with van der Waals surface area (Å²) >= 11 is 0. The first-order valence-corrected chi connectivity index (χ1v) is 6.82. The molecule has 1 saturated carbocycles. The Morgan fingerprint density at radius 1 is 0.938 bits per heavy atom. The van der Waals surface area contributed by atoms with Crippen LogP contribution in [0.1, 0.15) is 51.4 Å². The lowest BCUT2D eigenvalue weighted by atomic mass is 9.85. The van der Waals surface area contributed by atoms with Crippen molar-refractivity contribution in [3.05, 3.63) is 0 Å². The smallest absolute Gasteiger partial charge is 0.225 e. The van der Waals surface area contributed by atoms with Crippen molar-refractivity contribution in [3.63, 3.8) is 0 Å². The molecular formula is C13H24N2O. The molecule has 1 aliphatic carbocycles. The zero-order valence-corrected chi connectivity index (χ0v) is 10.2. The van der Waals surface area contributed by atoms with Crippen LogP contribution in [0.2, 0.25) is 0 Å². The highest BCUT2D eigenvalue weighted by molar-refractivity contribution is 5.79. The third-order valence-corrected chi connectivity index (χ3v) is 4.04. The van der Waals surface area contributed by atoms with Crippen molar-refractivity contribution in [1.82, 2.24) is 4.90 Å². The fraction of sp³-hybridized carbons (Fsp3) is 0.923. The maximum Gasteiger partial charge on any atom is 0.225 e. The lowest BCUT2D eigenvalue weighted by Crippen LogP contribution is -2.39. The van der Waals surface area contributed by atoms with E-state index in [1.54, 1.807) is 0 Å². The molecule has 1 aliphatic heterocycles. The van der Waals surface area contributed by atoms with Crippen molar-refractivity contribution in [2.75, 3.05) is 13.1 Å². The van der Waals surface area contributed by atoms with Crippen LogP contribution in [-0.2, 0) is 4.79 Å². The Morgan fingerprint density at radius 3 is 2.06 bits per heavy atom. The number of carbonyl (C=O) groups is 1. The highest BCUT2D eigenvalue weighted by atomic mass is 16.2. The van der Waals surface area contributed by atoms with Crippen molar-refractivity contribution in [3.8, 4) is 0 Å². The minimum Gasteiger partial charge on any atom is -0.342 e. The summed E-state index contributed by atoms with van der Waals surface area (Å²) in [5.74, 6) is 0.687. The van der Waals surface area contributed by atoms with Gasteiger partial charge in [-0.15, -0.1) is 0 Å². The summed E-state index contributed by atoms with van der Waals surface area (Å²) in [6, 6.07) is 0.341. The average Bonchev–Trinajstić information content (AvgIpc) is 2.57. The number of likely N-dealkylation sites (tertiary alicyclic amines) is 1. The van der Waals surface area contributed by atoms with Gasteiger partial charge in [-0.3, -0.25) is 4.79 Å². The molecule has 0 aromatic heterocycles. The van der Waals surface area contributed by atoms with Crippen LogP contribution in [0.4, 0.5) is 0 Å². The molecule has 0 unspecified atom stereocenters. The number of amides is 1. The second kappa shape index (κ2) is 5.67. The molecule has 2 N–H and O–H groups in total. The maximum absolute atomic E-state index is 12.3. The van der Waals surface area contributed by atoms with Crippen LogP contribution in [-0.4, -0.2) is 29.9 Å². The minimum absolute atomic E-state index is 0.276. The number of hydrogen-bond acceptors (Lipinski definition) is 2. The Morgan fingerprint density at radius 2 is 1.50 bits per heavy atom. The fourth-order valence-corrected chi connectivity index (χ4v) is 2.92. The Balaban J connectivity index is 1.85. The van der Waals surface area contributed by atoms with Gasteiger partial charge in [-0.1, -0.05) is 12.8 Å². The van der Waals surface area contributed by atoms with Gasteiger partial charge in [0.05, 0.1) is 0 Å². The summed E-state index contributed by atoms with van der Waals surface area (Å²) in [5, 5.41) is 0. The Hall–Kier alpha value is -0.570. The zero-order valence-electron chi connectivity index (χ0n) is 10.2. The normalized spacial score (nSPS) is 32.2. The maximum atomic E-state index is 12.3. The van der Waals surface area contributed by atoms with Crippen molar-refractivity contribution < 1.29 is 4.79 Å². The molecule has 1 heterocycles. The summed E-state index contributed by atoms with van der Waals surface area (Å²) in [5.41, 5.74) is 5.88. The molecule has 2 fully saturated rings. The molecule has 3 heteroatoms. The predicted octanol–water partition coefficient (Wildman–Crippen LogP) is 1.91. The van der Waals surface area contributed by atoms with E-state index in [4.69, 9.17) is 5.73 Å². The van der Waals surface area contributed by atoms with Gasteiger partial charge in [-0.2, -0.15) is 0 Å². The van der Waals surface area contributed by atoms with Gasteiger partial charge in [0.25, 0.3) is 0 Å². The predicted molar refractivity (Wildman–Crippen MR) is 65.0 cm³/mol. The second-order valence-corrected chi connectivity index (χ2v) is 5.35. The Bertz CT molecular complexity index is 226. The van der Waals surface area contributed by atoms with Crippen LogP contribution in [0.15, 0.2) is 0 Å². The van der Waals surface area contributed by atoms with E-state index in [1.807, 2.05) is 0 Å². The molecule has 2 aliphatic rings. The van der Waals surface area contributed by atoms with Gasteiger partial charge < -0.3 is 10.6 Å². The van der Waals surface area contributed by atoms with E-state index in [-0.39, 0.29) is 5.92 Å². The standard InChI is InChI=1S/C13H24N2O/c14-12-7-5-11(6-8-12)13(16)15-9-3-1-2-4-10-15/h11-12H,1-10,14H2. The fourth-order valence-electron chi connectivity index (χ4n) is 2.92. The van der Waals surface area contributed by atoms with Crippen LogP contribution in [0.25, 0.3) is 0 Å². The number of hydrogen-bond donors (Lipinski definition) is 1. The average molecular weight is 224 g/mol. The molecule has 0 radical (unpaired) electrons. The highest BCUT2D eigenvalue weighted by Gasteiger charge is 2.28. The van der Waals surface area contributed by atoms with E-state index in [0.29, 0.717) is 11.9 Å². The summed E-state index contributed by atoms with van der Waals surface area (Å²) in [6.07, 6.45) is 9.05. The van der Waals surface area contributed by atoms with Gasteiger partial charge in [0, 0.05) is 25.0 Å². The molecular weight excluding hydrogens is 200 g/mol. The molecule has 0 atom stereocenters. The van der Waals surface area contributed by atoms with Crippen LogP contribution >= 0.6 is 0 Å². The SMILES string of the molecule is NC1CCC(C(=O)N2CCCCCC2)CC1. The largest absolute Gasteiger partial charge is 0.342 e. The number of nitrogens with zero attached hydrogens (tertiary/aromatic N) is 1. The first kappa shape index (κ1) is 11.9. The lowest BCUT2D eigenvalue weighted by Gasteiger charge is -2.30. The van der Waals surface area contributed by atoms with Crippen LogP contribution in [0.5, 0.6) is 0 Å². The highest BCUT2D eigenvalue weighted by Crippen LogP contribution is 2.26. The Kier molecular flexibility index (Phi) is 4.22. The van der Waals surface area contributed by atoms with E-state index >= 15 is 0 Å². The first-order chi connectivity index (χ1) is 7.77. The number of carbonyl (C=O) groups excluding carboxylic acids is 1. The van der Waals surface area contributed by atoms with Crippen LogP contribution in [0.3, 0.4) is 0 Å². The van der Waals surface area contributed by atoms with E-state index in [9.17, 15) is 4.79 Å². The Labute approximate surface area is 98.4 Å². The summed E-state index contributed by atoms with van der Waals surface area (Å²) in [6.45, 7) is 1.97. The van der Waals surface area contributed by atoms with Gasteiger partial charge in [-0.05, 0) is 38.5 Å². The number of nitrogens with two attached hydrogens (primary N) is 1. The number of rotatable bonds is 1. The minimum atomic E-state index is 0.276. The molecule has 0 aromatic carbocycles. The monoisotopic (exact) mass is 224 g/mol. The quantitative estimate of drug-likeness (QED) is 0.739. The van der Waals surface area contributed by atoms with E-state index < -0.39 is 0 Å². The van der Waals surface area contributed by atoms with Crippen molar-refractivity contribution in [2.45, 2.75) is 57.4 Å². The van der Waals surface area contributed by atoms with Gasteiger partial charge in [0.15, 0.2) is 0 Å². The van der Waals surface area contributed by atoms with Gasteiger partial charge in [-0.25, -0.2) is 0 Å². The van der Waals surface area contributed by atoms with Crippen LogP contribution < -0.4 is 5.73 Å². The third-order valence-electron chi connectivity index (χ3n) is 4.04. The molecule has 1 saturated heterocycles. The van der Waals surface area contributed by atoms with Gasteiger partial charge >= 0.3 is 0 Å². The summed E-state index contributed by atoms with van der Waals surface area (Å²) < 4.78 is 0.